The molecule has 0 bridgehead atoms. The van der Waals surface area contributed by atoms with Crippen LogP contribution in [0, 0.1) is 17.8 Å². The van der Waals surface area contributed by atoms with Crippen molar-refractivity contribution in [1.82, 2.24) is 4.90 Å². The zero-order chi connectivity index (χ0) is 15.9. The molecule has 1 saturated carbocycles. The molecule has 0 aromatic carbocycles. The first-order chi connectivity index (χ1) is 10.7. The van der Waals surface area contributed by atoms with Gasteiger partial charge < -0.3 is 19.6 Å². The maximum absolute atomic E-state index is 9.03. The topological polar surface area (TPSA) is 54.3 Å². The number of aliphatic hydroxyl groups excluding tert-OH is 1. The fraction of sp³-hybridized carbons (Fsp3) is 0.824. The maximum Gasteiger partial charge on any atom is 0.221 e. The quantitative estimate of drug-likeness (QED) is 0.425. The lowest BCUT2D eigenvalue weighted by Crippen LogP contribution is -2.34. The number of methoxy groups -OCH3 is 1. The van der Waals surface area contributed by atoms with Crippen LogP contribution in [0.15, 0.2) is 17.1 Å². The lowest BCUT2D eigenvalue weighted by Gasteiger charge is -2.33. The van der Waals surface area contributed by atoms with Gasteiger partial charge >= 0.3 is 0 Å². The van der Waals surface area contributed by atoms with Crippen LogP contribution in [0.3, 0.4) is 0 Å². The Bertz CT molecular complexity index is 401. The molecule has 126 valence electrons. The second-order valence-corrected chi connectivity index (χ2v) is 6.47. The number of allylic oxidation sites excluding steroid dienone is 1. The van der Waals surface area contributed by atoms with Crippen LogP contribution in [-0.4, -0.2) is 49.1 Å². The molecule has 1 aliphatic heterocycles. The first kappa shape index (κ1) is 17.3. The van der Waals surface area contributed by atoms with Crippen molar-refractivity contribution in [2.75, 3.05) is 33.4 Å². The summed E-state index contributed by atoms with van der Waals surface area (Å²) in [5.41, 5.74) is 0.835. The van der Waals surface area contributed by atoms with Crippen molar-refractivity contribution in [3.63, 3.8) is 0 Å². The van der Waals surface area contributed by atoms with Crippen molar-refractivity contribution < 1.29 is 14.7 Å². The lowest BCUT2D eigenvalue weighted by molar-refractivity contribution is 0.0847. The summed E-state index contributed by atoms with van der Waals surface area (Å²) >= 11 is 0. The number of likely N-dealkylation sites (tertiary alicyclic amines) is 1. The Balaban J connectivity index is 1.76. The number of ether oxygens (including phenoxy) is 1. The van der Waals surface area contributed by atoms with Gasteiger partial charge in [0.25, 0.3) is 0 Å². The highest BCUT2D eigenvalue weighted by Gasteiger charge is 2.43. The van der Waals surface area contributed by atoms with Gasteiger partial charge in [0.1, 0.15) is 0 Å². The normalized spacial score (nSPS) is 27.2. The third-order valence-corrected chi connectivity index (χ3v) is 4.83. The third kappa shape index (κ3) is 4.71. The van der Waals surface area contributed by atoms with E-state index in [0.717, 1.165) is 48.9 Å². The van der Waals surface area contributed by atoms with Gasteiger partial charge in [0.05, 0.1) is 12.3 Å². The van der Waals surface area contributed by atoms with Gasteiger partial charge in [-0.15, -0.1) is 0 Å². The highest BCUT2D eigenvalue weighted by molar-refractivity contribution is 5.82. The highest BCUT2D eigenvalue weighted by Crippen LogP contribution is 2.49. The van der Waals surface area contributed by atoms with Crippen molar-refractivity contribution in [2.24, 2.45) is 22.9 Å². The number of oxime groups is 1. The van der Waals surface area contributed by atoms with Crippen LogP contribution < -0.4 is 0 Å². The minimum Gasteiger partial charge on any atom is -0.396 e. The zero-order valence-corrected chi connectivity index (χ0v) is 14.1. The van der Waals surface area contributed by atoms with E-state index in [-0.39, 0.29) is 0 Å². The smallest absolute Gasteiger partial charge is 0.221 e. The molecule has 5 nitrogen and oxygen atoms in total. The maximum atomic E-state index is 9.03. The van der Waals surface area contributed by atoms with E-state index in [1.165, 1.54) is 19.3 Å². The largest absolute Gasteiger partial charge is 0.396 e. The van der Waals surface area contributed by atoms with Gasteiger partial charge in [0, 0.05) is 26.8 Å². The Kier molecular flexibility index (Phi) is 6.70. The summed E-state index contributed by atoms with van der Waals surface area (Å²) in [6.07, 6.45) is 6.72. The van der Waals surface area contributed by atoms with E-state index >= 15 is 0 Å². The van der Waals surface area contributed by atoms with Gasteiger partial charge in [0.15, 0.2) is 0 Å². The third-order valence-electron chi connectivity index (χ3n) is 4.83. The molecule has 1 heterocycles. The lowest BCUT2D eigenvalue weighted by atomic mass is 9.90. The second kappa shape index (κ2) is 8.53. The van der Waals surface area contributed by atoms with E-state index < -0.39 is 0 Å². The van der Waals surface area contributed by atoms with Gasteiger partial charge in [0.2, 0.25) is 5.88 Å². The average molecular weight is 310 g/mol. The van der Waals surface area contributed by atoms with E-state index in [1.807, 2.05) is 19.9 Å². The summed E-state index contributed by atoms with van der Waals surface area (Å²) in [5, 5.41) is 13.1. The highest BCUT2D eigenvalue weighted by atomic mass is 16.6. The molecule has 5 heteroatoms. The van der Waals surface area contributed by atoms with E-state index in [9.17, 15) is 0 Å². The predicted octanol–water partition coefficient (Wildman–Crippen LogP) is 2.62. The molecule has 0 aromatic heterocycles. The Morgan fingerprint density at radius 1 is 1.36 bits per heavy atom. The van der Waals surface area contributed by atoms with Crippen LogP contribution in [0.4, 0.5) is 0 Å². The second-order valence-electron chi connectivity index (χ2n) is 6.47. The van der Waals surface area contributed by atoms with Crippen molar-refractivity contribution in [1.29, 1.82) is 0 Å². The molecule has 0 amide bonds. The van der Waals surface area contributed by atoms with Crippen LogP contribution in [0.1, 0.15) is 39.5 Å². The van der Waals surface area contributed by atoms with E-state index in [0.29, 0.717) is 13.2 Å². The number of hydrogen-bond donors (Lipinski definition) is 1. The molecule has 2 fully saturated rings. The first-order valence-electron chi connectivity index (χ1n) is 8.41. The van der Waals surface area contributed by atoms with Gasteiger partial charge in [-0.3, -0.25) is 0 Å². The Morgan fingerprint density at radius 2 is 2.09 bits per heavy atom. The van der Waals surface area contributed by atoms with Crippen LogP contribution in [0.5, 0.6) is 0 Å². The number of hydrogen-bond acceptors (Lipinski definition) is 5. The van der Waals surface area contributed by atoms with Crippen LogP contribution >= 0.6 is 0 Å². The summed E-state index contributed by atoms with van der Waals surface area (Å²) in [6, 6.07) is 0. The molecule has 1 aliphatic carbocycles. The standard InChI is InChI=1S/C17H30N2O3/c1-4-17(22-18-13(2)12-21-3)19-8-5-14(6-9-19)16-11-15(16)7-10-20/h4,14-16,20H,5-12H2,1-3H3/b17-4+,18-13+. The molecule has 0 spiro atoms. The summed E-state index contributed by atoms with van der Waals surface area (Å²) < 4.78 is 5.03. The molecule has 0 radical (unpaired) electrons. The molecular weight excluding hydrogens is 280 g/mol. The van der Waals surface area contributed by atoms with Gasteiger partial charge in [-0.25, -0.2) is 0 Å². The number of aliphatic hydroxyl groups is 1. The molecule has 2 unspecified atom stereocenters. The fourth-order valence-corrected chi connectivity index (χ4v) is 3.55. The zero-order valence-electron chi connectivity index (χ0n) is 14.1. The van der Waals surface area contributed by atoms with Gasteiger partial charge in [-0.1, -0.05) is 5.16 Å². The Labute approximate surface area is 134 Å². The molecule has 0 aromatic rings. The fourth-order valence-electron chi connectivity index (χ4n) is 3.55. The Hall–Kier alpha value is -1.07. The van der Waals surface area contributed by atoms with Gasteiger partial charge in [-0.2, -0.15) is 0 Å². The number of piperidine rings is 1. The molecular formula is C17H30N2O3. The van der Waals surface area contributed by atoms with E-state index in [1.54, 1.807) is 7.11 Å². The van der Waals surface area contributed by atoms with Crippen molar-refractivity contribution >= 4 is 5.71 Å². The van der Waals surface area contributed by atoms with Crippen molar-refractivity contribution in [3.05, 3.63) is 12.0 Å². The van der Waals surface area contributed by atoms with Crippen LogP contribution in [0.2, 0.25) is 0 Å². The molecule has 2 aliphatic rings. The predicted molar refractivity (Wildman–Crippen MR) is 87.4 cm³/mol. The molecule has 1 saturated heterocycles. The summed E-state index contributed by atoms with van der Waals surface area (Å²) in [5.74, 6) is 3.30. The van der Waals surface area contributed by atoms with E-state index in [2.05, 4.69) is 10.1 Å². The van der Waals surface area contributed by atoms with Gasteiger partial charge in [-0.05, 0) is 63.4 Å². The van der Waals surface area contributed by atoms with Crippen molar-refractivity contribution in [2.45, 2.75) is 39.5 Å². The molecule has 22 heavy (non-hydrogen) atoms. The van der Waals surface area contributed by atoms with E-state index in [4.69, 9.17) is 14.7 Å². The molecule has 2 atom stereocenters. The number of rotatable bonds is 8. The monoisotopic (exact) mass is 310 g/mol. The van der Waals surface area contributed by atoms with Crippen molar-refractivity contribution in [3.8, 4) is 0 Å². The molecule has 2 rings (SSSR count). The summed E-state index contributed by atoms with van der Waals surface area (Å²) in [6.45, 7) is 6.79. The minimum atomic E-state index is 0.343. The summed E-state index contributed by atoms with van der Waals surface area (Å²) in [7, 11) is 1.66. The Morgan fingerprint density at radius 3 is 2.68 bits per heavy atom. The first-order valence-corrected chi connectivity index (χ1v) is 8.41. The minimum absolute atomic E-state index is 0.343. The van der Waals surface area contributed by atoms with Crippen LogP contribution in [0.25, 0.3) is 0 Å². The average Bonchev–Trinajstić information content (AvgIpc) is 3.28. The SMILES string of the molecule is C/C=C(/O/N=C(\C)COC)N1CCC(C2CC2CCO)CC1. The molecule has 1 N–H and O–H groups in total. The number of nitrogens with zero attached hydrogens (tertiary/aromatic N) is 2. The summed E-state index contributed by atoms with van der Waals surface area (Å²) in [4.78, 5) is 7.86. The van der Waals surface area contributed by atoms with Crippen LogP contribution in [-0.2, 0) is 9.57 Å².